The van der Waals surface area contributed by atoms with E-state index in [0.29, 0.717) is 11.7 Å². The molecule has 2 heteroatoms. The Morgan fingerprint density at radius 1 is 0.939 bits per heavy atom. The average molecular weight is 445 g/mol. The second-order valence-corrected chi connectivity index (χ2v) is 10.4. The Kier molecular flexibility index (Phi) is 8.06. The molecule has 0 radical (unpaired) electrons. The van der Waals surface area contributed by atoms with Crippen molar-refractivity contribution in [1.29, 1.82) is 0 Å². The first-order chi connectivity index (χ1) is 16.1. The number of rotatable bonds is 7. The van der Waals surface area contributed by atoms with Crippen LogP contribution >= 0.6 is 0 Å². The molecule has 0 N–H and O–H groups in total. The topological polar surface area (TPSA) is 26.3 Å². The Hall–Kier alpha value is -2.35. The number of carbonyl (C=O) groups excluding carboxylic acids is 1. The Morgan fingerprint density at radius 2 is 1.58 bits per heavy atom. The lowest BCUT2D eigenvalue weighted by atomic mass is 9.68. The second kappa shape index (κ2) is 11.2. The molecule has 0 unspecified atom stereocenters. The molecule has 0 amide bonds. The molecule has 2 nitrogen and oxygen atoms in total. The van der Waals surface area contributed by atoms with Crippen LogP contribution in [0.25, 0.3) is 11.1 Å². The third-order valence-electron chi connectivity index (χ3n) is 8.30. The van der Waals surface area contributed by atoms with Crippen molar-refractivity contribution < 1.29 is 9.53 Å². The summed E-state index contributed by atoms with van der Waals surface area (Å²) in [5.74, 6) is 3.84. The lowest BCUT2D eigenvalue weighted by Gasteiger charge is -2.38. The fourth-order valence-corrected chi connectivity index (χ4v) is 6.40. The molecule has 2 aliphatic carbocycles. The van der Waals surface area contributed by atoms with Gasteiger partial charge < -0.3 is 4.74 Å². The molecular formula is C31H40O2. The highest BCUT2D eigenvalue weighted by Gasteiger charge is 2.31. The third kappa shape index (κ3) is 5.96. The Balaban J connectivity index is 1.32. The SMILES string of the molecule is C=CC(=O)Oc1ccc(-c2ccc(C3CCC(C4CCC(CCC)CC4)CC3)cc2)c(C)c1. The zero-order chi connectivity index (χ0) is 23.2. The van der Waals surface area contributed by atoms with Crippen LogP contribution in [0, 0.1) is 24.7 Å². The monoisotopic (exact) mass is 444 g/mol. The summed E-state index contributed by atoms with van der Waals surface area (Å²) < 4.78 is 5.25. The standard InChI is InChI=1S/C31H40O2/c1-4-6-23-7-9-24(10-8-23)25-11-13-26(14-12-25)27-15-17-28(18-16-27)30-20-19-29(21-22(30)3)33-31(32)5-2/h5,15-21,23-26H,2,4,6-14H2,1,3H3. The molecule has 0 aromatic heterocycles. The molecule has 2 aromatic carbocycles. The molecule has 0 bridgehead atoms. The summed E-state index contributed by atoms with van der Waals surface area (Å²) in [6.45, 7) is 7.85. The van der Waals surface area contributed by atoms with E-state index in [1.807, 2.05) is 18.2 Å². The number of hydrogen-bond donors (Lipinski definition) is 0. The summed E-state index contributed by atoms with van der Waals surface area (Å²) in [5.41, 5.74) is 5.00. The Bertz CT molecular complexity index is 926. The molecule has 2 aliphatic rings. The fourth-order valence-electron chi connectivity index (χ4n) is 6.40. The maximum Gasteiger partial charge on any atom is 0.335 e. The summed E-state index contributed by atoms with van der Waals surface area (Å²) in [5, 5.41) is 0. The van der Waals surface area contributed by atoms with Crippen molar-refractivity contribution >= 4 is 5.97 Å². The van der Waals surface area contributed by atoms with Crippen molar-refractivity contribution in [1.82, 2.24) is 0 Å². The van der Waals surface area contributed by atoms with Gasteiger partial charge in [0.15, 0.2) is 0 Å². The van der Waals surface area contributed by atoms with Crippen molar-refractivity contribution in [2.45, 2.75) is 84.0 Å². The van der Waals surface area contributed by atoms with Crippen molar-refractivity contribution in [3.63, 3.8) is 0 Å². The predicted molar refractivity (Wildman–Crippen MR) is 138 cm³/mol. The van der Waals surface area contributed by atoms with E-state index in [1.165, 1.54) is 87.0 Å². The summed E-state index contributed by atoms with van der Waals surface area (Å²) in [6, 6.07) is 15.0. The van der Waals surface area contributed by atoms with Gasteiger partial charge in [-0.3, -0.25) is 0 Å². The van der Waals surface area contributed by atoms with Gasteiger partial charge in [0.25, 0.3) is 0 Å². The molecule has 0 aliphatic heterocycles. The van der Waals surface area contributed by atoms with Gasteiger partial charge >= 0.3 is 5.97 Å². The highest BCUT2D eigenvalue weighted by atomic mass is 16.5. The predicted octanol–water partition coefficient (Wildman–Crippen LogP) is 8.63. The minimum absolute atomic E-state index is 0.426. The molecule has 2 aromatic rings. The Morgan fingerprint density at radius 3 is 2.15 bits per heavy atom. The lowest BCUT2D eigenvalue weighted by Crippen LogP contribution is -2.25. The minimum Gasteiger partial charge on any atom is -0.423 e. The number of esters is 1. The van der Waals surface area contributed by atoms with Gasteiger partial charge in [-0.2, -0.15) is 0 Å². The molecule has 0 heterocycles. The van der Waals surface area contributed by atoms with E-state index in [0.717, 1.165) is 23.3 Å². The number of carbonyl (C=O) groups is 1. The third-order valence-corrected chi connectivity index (χ3v) is 8.30. The highest BCUT2D eigenvalue weighted by Crippen LogP contribution is 2.44. The van der Waals surface area contributed by atoms with Crippen LogP contribution < -0.4 is 4.74 Å². The second-order valence-electron chi connectivity index (χ2n) is 10.4. The van der Waals surface area contributed by atoms with Gasteiger partial charge in [0.05, 0.1) is 0 Å². The fraction of sp³-hybridized carbons (Fsp3) is 0.516. The summed E-state index contributed by atoms with van der Waals surface area (Å²) >= 11 is 0. The van der Waals surface area contributed by atoms with E-state index in [4.69, 9.17) is 4.74 Å². The van der Waals surface area contributed by atoms with Gasteiger partial charge in [0.2, 0.25) is 0 Å². The van der Waals surface area contributed by atoms with E-state index in [2.05, 4.69) is 44.7 Å². The number of hydrogen-bond acceptors (Lipinski definition) is 2. The summed E-state index contributed by atoms with van der Waals surface area (Å²) in [6.07, 6.45) is 15.5. The molecule has 33 heavy (non-hydrogen) atoms. The van der Waals surface area contributed by atoms with Crippen LogP contribution in [0.3, 0.4) is 0 Å². The minimum atomic E-state index is -0.426. The van der Waals surface area contributed by atoms with Crippen molar-refractivity contribution in [3.8, 4) is 16.9 Å². The van der Waals surface area contributed by atoms with Gasteiger partial charge in [-0.1, -0.05) is 69.5 Å². The quantitative estimate of drug-likeness (QED) is 0.243. The van der Waals surface area contributed by atoms with Crippen molar-refractivity contribution in [3.05, 3.63) is 66.2 Å². The van der Waals surface area contributed by atoms with E-state index >= 15 is 0 Å². The van der Waals surface area contributed by atoms with Crippen LogP contribution in [0.5, 0.6) is 5.75 Å². The van der Waals surface area contributed by atoms with Gasteiger partial charge in [-0.25, -0.2) is 4.79 Å². The zero-order valence-corrected chi connectivity index (χ0v) is 20.5. The van der Waals surface area contributed by atoms with E-state index in [1.54, 1.807) is 0 Å². The van der Waals surface area contributed by atoms with Crippen LogP contribution in [0.2, 0.25) is 0 Å². The van der Waals surface area contributed by atoms with E-state index in [-0.39, 0.29) is 0 Å². The molecule has 0 spiro atoms. The molecule has 0 saturated heterocycles. The van der Waals surface area contributed by atoms with Crippen LogP contribution in [-0.4, -0.2) is 5.97 Å². The van der Waals surface area contributed by atoms with Gasteiger partial charge in [0, 0.05) is 6.08 Å². The smallest absolute Gasteiger partial charge is 0.335 e. The van der Waals surface area contributed by atoms with Crippen LogP contribution in [0.15, 0.2) is 55.1 Å². The molecule has 4 rings (SSSR count). The van der Waals surface area contributed by atoms with E-state index < -0.39 is 5.97 Å². The van der Waals surface area contributed by atoms with Gasteiger partial charge in [-0.05, 0) is 104 Å². The molecule has 0 atom stereocenters. The zero-order valence-electron chi connectivity index (χ0n) is 20.5. The Labute approximate surface area is 200 Å². The molecule has 2 saturated carbocycles. The number of benzene rings is 2. The first-order valence-corrected chi connectivity index (χ1v) is 13.1. The van der Waals surface area contributed by atoms with E-state index in [9.17, 15) is 4.79 Å². The van der Waals surface area contributed by atoms with Crippen molar-refractivity contribution in [2.75, 3.05) is 0 Å². The van der Waals surface area contributed by atoms with Gasteiger partial charge in [0.1, 0.15) is 5.75 Å². The van der Waals surface area contributed by atoms with Crippen molar-refractivity contribution in [2.24, 2.45) is 17.8 Å². The molecule has 176 valence electrons. The summed E-state index contributed by atoms with van der Waals surface area (Å²) in [7, 11) is 0. The van der Waals surface area contributed by atoms with Gasteiger partial charge in [-0.15, -0.1) is 0 Å². The largest absolute Gasteiger partial charge is 0.423 e. The van der Waals surface area contributed by atoms with Crippen LogP contribution in [0.4, 0.5) is 0 Å². The van der Waals surface area contributed by atoms with Crippen LogP contribution in [0.1, 0.15) is 88.2 Å². The first kappa shape index (κ1) is 23.8. The first-order valence-electron chi connectivity index (χ1n) is 13.1. The maximum absolute atomic E-state index is 11.4. The molecular weight excluding hydrogens is 404 g/mol. The average Bonchev–Trinajstić information content (AvgIpc) is 2.85. The summed E-state index contributed by atoms with van der Waals surface area (Å²) in [4.78, 5) is 11.4. The number of ether oxygens (including phenoxy) is 1. The lowest BCUT2D eigenvalue weighted by molar-refractivity contribution is -0.128. The van der Waals surface area contributed by atoms with Crippen LogP contribution in [-0.2, 0) is 4.79 Å². The number of aryl methyl sites for hydroxylation is 1. The highest BCUT2D eigenvalue weighted by molar-refractivity contribution is 5.83. The normalized spacial score (nSPS) is 25.4. The maximum atomic E-state index is 11.4. The molecule has 2 fully saturated rings.